The standard InChI is InChI=1S/C19H21N5O6S2/c1-20-31(27,28)11-7-15-13(16(25)8-11)9-18(23(15)3)24(4)32(29,30)17-10-14-12(19(26)21-17)5-6-22(14)2/h5-10,20,25H,1-4H3,(H,21,26). The van der Waals surface area contributed by atoms with Gasteiger partial charge in [0.1, 0.15) is 11.6 Å². The van der Waals surface area contributed by atoms with E-state index in [0.29, 0.717) is 16.4 Å². The fourth-order valence-corrected chi connectivity index (χ4v) is 5.58. The number of anilines is 1. The number of aromatic nitrogens is 3. The highest BCUT2D eigenvalue weighted by atomic mass is 32.2. The summed E-state index contributed by atoms with van der Waals surface area (Å²) in [7, 11) is -2.23. The van der Waals surface area contributed by atoms with Crippen LogP contribution in [0.1, 0.15) is 0 Å². The fourth-order valence-electron chi connectivity index (χ4n) is 3.61. The summed E-state index contributed by atoms with van der Waals surface area (Å²) in [6, 6.07) is 6.82. The zero-order valence-corrected chi connectivity index (χ0v) is 19.2. The Labute approximate surface area is 183 Å². The molecule has 13 heteroatoms. The van der Waals surface area contributed by atoms with Crippen LogP contribution in [-0.4, -0.2) is 50.2 Å². The largest absolute Gasteiger partial charge is 0.507 e. The van der Waals surface area contributed by atoms with Gasteiger partial charge in [0.05, 0.1) is 21.3 Å². The first-order valence-electron chi connectivity index (χ1n) is 9.32. The van der Waals surface area contributed by atoms with Crippen molar-refractivity contribution in [3.05, 3.63) is 46.9 Å². The number of phenolic OH excluding ortho intramolecular Hbond substituents is 1. The van der Waals surface area contributed by atoms with Gasteiger partial charge in [0.25, 0.3) is 15.6 Å². The van der Waals surface area contributed by atoms with Gasteiger partial charge >= 0.3 is 0 Å². The Morgan fingerprint density at radius 1 is 1.03 bits per heavy atom. The first-order valence-corrected chi connectivity index (χ1v) is 12.2. The molecule has 0 bridgehead atoms. The monoisotopic (exact) mass is 479 g/mol. The van der Waals surface area contributed by atoms with E-state index in [2.05, 4.69) is 9.71 Å². The zero-order valence-electron chi connectivity index (χ0n) is 17.6. The molecule has 3 N–H and O–H groups in total. The third kappa shape index (κ3) is 3.16. The van der Waals surface area contributed by atoms with Gasteiger partial charge in [-0.2, -0.15) is 8.42 Å². The van der Waals surface area contributed by atoms with Crippen LogP contribution in [0, 0.1) is 0 Å². The van der Waals surface area contributed by atoms with Crippen molar-refractivity contribution in [2.75, 3.05) is 18.4 Å². The predicted molar refractivity (Wildman–Crippen MR) is 120 cm³/mol. The van der Waals surface area contributed by atoms with Crippen molar-refractivity contribution in [1.29, 1.82) is 0 Å². The highest BCUT2D eigenvalue weighted by Crippen LogP contribution is 2.35. The molecule has 0 saturated heterocycles. The van der Waals surface area contributed by atoms with Crippen molar-refractivity contribution in [2.24, 2.45) is 14.1 Å². The number of benzene rings is 1. The van der Waals surface area contributed by atoms with E-state index < -0.39 is 25.6 Å². The Hall–Kier alpha value is -3.29. The lowest BCUT2D eigenvalue weighted by Gasteiger charge is -2.20. The van der Waals surface area contributed by atoms with Crippen LogP contribution < -0.4 is 14.6 Å². The van der Waals surface area contributed by atoms with Gasteiger partial charge in [-0.25, -0.2) is 13.1 Å². The van der Waals surface area contributed by atoms with Gasteiger partial charge in [0.2, 0.25) is 10.0 Å². The molecular formula is C19H21N5O6S2. The highest BCUT2D eigenvalue weighted by Gasteiger charge is 2.27. The molecule has 0 atom stereocenters. The summed E-state index contributed by atoms with van der Waals surface area (Å²) in [5.41, 5.74) is 0.228. The number of nitrogens with one attached hydrogen (secondary N) is 2. The lowest BCUT2D eigenvalue weighted by molar-refractivity contribution is 0.479. The van der Waals surface area contributed by atoms with Crippen molar-refractivity contribution in [3.63, 3.8) is 0 Å². The molecule has 1 aromatic carbocycles. The van der Waals surface area contributed by atoms with E-state index in [1.807, 2.05) is 0 Å². The summed E-state index contributed by atoms with van der Waals surface area (Å²) >= 11 is 0. The molecule has 0 saturated carbocycles. The lowest BCUT2D eigenvalue weighted by atomic mass is 10.2. The Kier molecular flexibility index (Phi) is 4.87. The molecule has 0 aliphatic carbocycles. The van der Waals surface area contributed by atoms with E-state index in [-0.39, 0.29) is 26.9 Å². The first kappa shape index (κ1) is 21.9. The van der Waals surface area contributed by atoms with E-state index >= 15 is 0 Å². The smallest absolute Gasteiger partial charge is 0.280 e. The maximum absolute atomic E-state index is 13.3. The van der Waals surface area contributed by atoms with E-state index in [1.54, 1.807) is 30.9 Å². The minimum absolute atomic E-state index is 0.155. The summed E-state index contributed by atoms with van der Waals surface area (Å²) in [6.07, 6.45) is 1.66. The van der Waals surface area contributed by atoms with Crippen molar-refractivity contribution in [3.8, 4) is 5.75 Å². The molecule has 170 valence electrons. The van der Waals surface area contributed by atoms with Crippen LogP contribution in [0.25, 0.3) is 21.8 Å². The Morgan fingerprint density at radius 3 is 2.38 bits per heavy atom. The Morgan fingerprint density at radius 2 is 1.72 bits per heavy atom. The van der Waals surface area contributed by atoms with E-state index in [0.717, 1.165) is 10.4 Å². The van der Waals surface area contributed by atoms with Crippen LogP contribution >= 0.6 is 0 Å². The number of pyridine rings is 1. The Bertz CT molecular complexity index is 1660. The van der Waals surface area contributed by atoms with Gasteiger partial charge in [-0.15, -0.1) is 0 Å². The second-order valence-electron chi connectivity index (χ2n) is 7.31. The number of nitrogens with zero attached hydrogens (tertiary/aromatic N) is 3. The van der Waals surface area contributed by atoms with Gasteiger partial charge in [0, 0.05) is 38.8 Å². The average Bonchev–Trinajstić information content (AvgIpc) is 3.28. The number of phenols is 1. The number of aryl methyl sites for hydroxylation is 2. The molecule has 11 nitrogen and oxygen atoms in total. The second-order valence-corrected chi connectivity index (χ2v) is 11.1. The van der Waals surface area contributed by atoms with Gasteiger partial charge in [0.15, 0.2) is 5.03 Å². The van der Waals surface area contributed by atoms with Gasteiger partial charge in [-0.05, 0) is 31.3 Å². The summed E-state index contributed by atoms with van der Waals surface area (Å²) in [5, 5.41) is 10.7. The molecule has 0 aliphatic rings. The van der Waals surface area contributed by atoms with Crippen LogP contribution in [0.3, 0.4) is 0 Å². The zero-order chi connectivity index (χ0) is 23.6. The molecule has 4 rings (SSSR count). The molecule has 0 radical (unpaired) electrons. The maximum atomic E-state index is 13.3. The quantitative estimate of drug-likeness (QED) is 0.386. The SMILES string of the molecule is CNS(=O)(=O)c1cc(O)c2cc(N(C)S(=O)(=O)c3cc4c(ccn4C)c(=O)[nH]3)n(C)c2c1. The van der Waals surface area contributed by atoms with Gasteiger partial charge < -0.3 is 19.2 Å². The van der Waals surface area contributed by atoms with Crippen LogP contribution in [0.5, 0.6) is 5.75 Å². The van der Waals surface area contributed by atoms with Crippen molar-refractivity contribution < 1.29 is 21.9 Å². The lowest BCUT2D eigenvalue weighted by Crippen LogP contribution is -2.30. The first-order chi connectivity index (χ1) is 14.9. The molecule has 0 amide bonds. The highest BCUT2D eigenvalue weighted by molar-refractivity contribution is 7.92. The molecule has 32 heavy (non-hydrogen) atoms. The fraction of sp³-hybridized carbons (Fsp3) is 0.211. The maximum Gasteiger partial charge on any atom is 0.280 e. The molecular weight excluding hydrogens is 458 g/mol. The minimum Gasteiger partial charge on any atom is -0.507 e. The number of sulfonamides is 2. The number of fused-ring (bicyclic) bond motifs is 2. The summed E-state index contributed by atoms with van der Waals surface area (Å²) in [4.78, 5) is 14.6. The van der Waals surface area contributed by atoms with Crippen LogP contribution in [-0.2, 0) is 34.1 Å². The van der Waals surface area contributed by atoms with Crippen molar-refractivity contribution in [1.82, 2.24) is 18.8 Å². The molecule has 0 fully saturated rings. The Balaban J connectivity index is 1.89. The third-order valence-electron chi connectivity index (χ3n) is 5.50. The summed E-state index contributed by atoms with van der Waals surface area (Å²) < 4.78 is 57.2. The summed E-state index contributed by atoms with van der Waals surface area (Å²) in [6.45, 7) is 0. The topological polar surface area (TPSA) is 146 Å². The summed E-state index contributed by atoms with van der Waals surface area (Å²) in [5.74, 6) is -0.162. The molecule has 4 aromatic rings. The van der Waals surface area contributed by atoms with E-state index in [4.69, 9.17) is 0 Å². The third-order valence-corrected chi connectivity index (χ3v) is 8.58. The molecule has 0 unspecified atom stereocenters. The second kappa shape index (κ2) is 7.12. The molecule has 3 heterocycles. The molecule has 0 spiro atoms. The number of hydrogen-bond donors (Lipinski definition) is 3. The number of aromatic hydroxyl groups is 1. The molecule has 3 aromatic heterocycles. The van der Waals surface area contributed by atoms with Crippen LogP contribution in [0.15, 0.2) is 51.2 Å². The van der Waals surface area contributed by atoms with Crippen LogP contribution in [0.2, 0.25) is 0 Å². The van der Waals surface area contributed by atoms with Gasteiger partial charge in [-0.3, -0.25) is 9.10 Å². The number of H-pyrrole nitrogens is 1. The number of hydrogen-bond acceptors (Lipinski definition) is 6. The van der Waals surface area contributed by atoms with Crippen molar-refractivity contribution in [2.45, 2.75) is 9.92 Å². The molecule has 0 aliphatic heterocycles. The number of rotatable bonds is 5. The van der Waals surface area contributed by atoms with E-state index in [9.17, 15) is 26.7 Å². The normalized spacial score (nSPS) is 12.6. The predicted octanol–water partition coefficient (Wildman–Crippen LogP) is 0.797. The van der Waals surface area contributed by atoms with Crippen molar-refractivity contribution >= 4 is 47.7 Å². The average molecular weight is 480 g/mol. The van der Waals surface area contributed by atoms with E-state index in [1.165, 1.54) is 36.9 Å². The minimum atomic E-state index is -4.20. The van der Waals surface area contributed by atoms with Crippen LogP contribution in [0.4, 0.5) is 5.82 Å². The van der Waals surface area contributed by atoms with Gasteiger partial charge in [-0.1, -0.05) is 0 Å². The number of aromatic amines is 1.